The lowest BCUT2D eigenvalue weighted by molar-refractivity contribution is -0.160. The molecule has 146 valence electrons. The molecule has 0 spiro atoms. The third-order valence-electron chi connectivity index (χ3n) is 7.59. The molecule has 0 aromatic carbocycles. The number of carbonyl (C=O) groups excluding carboxylic acids is 1. The minimum Gasteiger partial charge on any atom is -0.462 e. The minimum absolute atomic E-state index is 0.0365. The van der Waals surface area contributed by atoms with Crippen LogP contribution in [0, 0.1) is 29.6 Å². The highest BCUT2D eigenvalue weighted by molar-refractivity contribution is 5.66. The van der Waals surface area contributed by atoms with Crippen molar-refractivity contribution in [2.75, 3.05) is 6.61 Å². The Bertz CT molecular complexity index is 599. The van der Waals surface area contributed by atoms with Gasteiger partial charge in [0.25, 0.3) is 0 Å². The number of hydrogen-bond acceptors (Lipinski definition) is 4. The van der Waals surface area contributed by atoms with Gasteiger partial charge < -0.3 is 14.2 Å². The Morgan fingerprint density at radius 3 is 2.77 bits per heavy atom. The standard InChI is InChI=1S/C22H34O4/c1-12-7-6-8-22(5)21-18-16(14(3)11-24-22)10-13(2)20(25-15(4)23)19(18)17(9-12)26-21/h7,13-14,16-21H,6,8-11H2,1-5H3/b12-7-/t13-,14+,16+,17+,18+,19+,20-,21+,22+/m0/s1. The molecule has 3 fully saturated rings. The first-order valence-electron chi connectivity index (χ1n) is 10.4. The largest absolute Gasteiger partial charge is 0.462 e. The molecule has 0 radical (unpaired) electrons. The second-order valence-electron chi connectivity index (χ2n) is 9.59. The molecular weight excluding hydrogens is 328 g/mol. The van der Waals surface area contributed by atoms with Crippen LogP contribution in [0.4, 0.5) is 0 Å². The molecule has 4 nitrogen and oxygen atoms in total. The zero-order chi connectivity index (χ0) is 18.6. The van der Waals surface area contributed by atoms with E-state index in [1.54, 1.807) is 6.92 Å². The van der Waals surface area contributed by atoms with E-state index in [0.29, 0.717) is 23.7 Å². The Balaban J connectivity index is 1.79. The number of ether oxygens (including phenoxy) is 3. The summed E-state index contributed by atoms with van der Waals surface area (Å²) in [6, 6.07) is 0. The summed E-state index contributed by atoms with van der Waals surface area (Å²) >= 11 is 0. The third-order valence-corrected chi connectivity index (χ3v) is 7.59. The molecular formula is C22H34O4. The monoisotopic (exact) mass is 362 g/mol. The SMILES string of the molecule is CC(=O)O[C@@H]1[C@H]2[C@H]3[C@H](C[C@@H]1C)[C@H](C)CO[C@]1(C)CC/C=C(/C)C[C@H]2O[C@H]31. The quantitative estimate of drug-likeness (QED) is 0.520. The second-order valence-corrected chi connectivity index (χ2v) is 9.59. The van der Waals surface area contributed by atoms with E-state index in [1.807, 2.05) is 0 Å². The topological polar surface area (TPSA) is 44.8 Å². The summed E-state index contributed by atoms with van der Waals surface area (Å²) in [5, 5.41) is 0. The van der Waals surface area contributed by atoms with E-state index in [4.69, 9.17) is 14.2 Å². The van der Waals surface area contributed by atoms with Gasteiger partial charge in [0.1, 0.15) is 6.10 Å². The van der Waals surface area contributed by atoms with Crippen LogP contribution in [0.3, 0.4) is 0 Å². The first kappa shape index (κ1) is 18.5. The number of esters is 1. The van der Waals surface area contributed by atoms with Crippen molar-refractivity contribution in [3.8, 4) is 0 Å². The third kappa shape index (κ3) is 2.93. The van der Waals surface area contributed by atoms with Crippen molar-refractivity contribution < 1.29 is 19.0 Å². The predicted octanol–water partition coefficient (Wildman–Crippen LogP) is 4.13. The highest BCUT2D eigenvalue weighted by Crippen LogP contribution is 2.57. The lowest BCUT2D eigenvalue weighted by Crippen LogP contribution is -2.51. The Kier molecular flexibility index (Phi) is 4.71. The van der Waals surface area contributed by atoms with Gasteiger partial charge in [-0.2, -0.15) is 0 Å². The second kappa shape index (κ2) is 6.63. The maximum atomic E-state index is 11.8. The fourth-order valence-electron chi connectivity index (χ4n) is 6.34. The van der Waals surface area contributed by atoms with Crippen LogP contribution in [0.25, 0.3) is 0 Å². The number of fused-ring (bicyclic) bond motifs is 2. The van der Waals surface area contributed by atoms with Crippen LogP contribution >= 0.6 is 0 Å². The van der Waals surface area contributed by atoms with Crippen molar-refractivity contribution in [1.29, 1.82) is 0 Å². The summed E-state index contributed by atoms with van der Waals surface area (Å²) in [6.07, 6.45) is 6.64. The number of hydrogen-bond donors (Lipinski definition) is 0. The number of allylic oxidation sites excluding steroid dienone is 1. The Morgan fingerprint density at radius 2 is 2.04 bits per heavy atom. The van der Waals surface area contributed by atoms with Crippen LogP contribution in [0.15, 0.2) is 11.6 Å². The van der Waals surface area contributed by atoms with Gasteiger partial charge in [-0.1, -0.05) is 25.5 Å². The molecule has 4 rings (SSSR count). The molecule has 1 aliphatic carbocycles. The molecule has 2 saturated heterocycles. The zero-order valence-corrected chi connectivity index (χ0v) is 16.9. The highest BCUT2D eigenvalue weighted by Gasteiger charge is 2.62. The van der Waals surface area contributed by atoms with Crippen molar-refractivity contribution in [1.82, 2.24) is 0 Å². The highest BCUT2D eigenvalue weighted by atomic mass is 16.6. The van der Waals surface area contributed by atoms with E-state index < -0.39 is 0 Å². The first-order chi connectivity index (χ1) is 12.3. The molecule has 26 heavy (non-hydrogen) atoms. The van der Waals surface area contributed by atoms with Gasteiger partial charge in [0.15, 0.2) is 0 Å². The predicted molar refractivity (Wildman–Crippen MR) is 99.6 cm³/mol. The summed E-state index contributed by atoms with van der Waals surface area (Å²) < 4.78 is 19.2. The lowest BCUT2D eigenvalue weighted by atomic mass is 9.59. The number of rotatable bonds is 1. The van der Waals surface area contributed by atoms with Crippen molar-refractivity contribution in [2.24, 2.45) is 29.6 Å². The Morgan fingerprint density at radius 1 is 1.27 bits per heavy atom. The fraction of sp³-hybridized carbons (Fsp3) is 0.864. The zero-order valence-electron chi connectivity index (χ0n) is 16.9. The van der Waals surface area contributed by atoms with Gasteiger partial charge >= 0.3 is 5.97 Å². The summed E-state index contributed by atoms with van der Waals surface area (Å²) in [5.41, 5.74) is 1.14. The molecule has 2 bridgehead atoms. The summed E-state index contributed by atoms with van der Waals surface area (Å²) in [4.78, 5) is 11.8. The Labute approximate surface area is 157 Å². The van der Waals surface area contributed by atoms with Gasteiger partial charge in [-0.3, -0.25) is 4.79 Å². The molecule has 3 aliphatic heterocycles. The summed E-state index contributed by atoms with van der Waals surface area (Å²) in [7, 11) is 0. The van der Waals surface area contributed by atoms with E-state index in [0.717, 1.165) is 32.3 Å². The first-order valence-corrected chi connectivity index (χ1v) is 10.4. The smallest absolute Gasteiger partial charge is 0.302 e. The van der Waals surface area contributed by atoms with Gasteiger partial charge in [0, 0.05) is 12.8 Å². The van der Waals surface area contributed by atoms with Gasteiger partial charge in [0.2, 0.25) is 0 Å². The van der Waals surface area contributed by atoms with E-state index >= 15 is 0 Å². The number of carbonyl (C=O) groups is 1. The molecule has 0 aromatic rings. The fourth-order valence-corrected chi connectivity index (χ4v) is 6.34. The maximum absolute atomic E-state index is 11.8. The molecule has 9 atom stereocenters. The van der Waals surface area contributed by atoms with Crippen LogP contribution in [0.2, 0.25) is 0 Å². The van der Waals surface area contributed by atoms with Gasteiger partial charge in [-0.25, -0.2) is 0 Å². The van der Waals surface area contributed by atoms with Crippen molar-refractivity contribution in [2.45, 2.75) is 84.2 Å². The molecule has 3 heterocycles. The van der Waals surface area contributed by atoms with Gasteiger partial charge in [-0.05, 0) is 63.2 Å². The Hall–Kier alpha value is -0.870. The van der Waals surface area contributed by atoms with Crippen LogP contribution < -0.4 is 0 Å². The van der Waals surface area contributed by atoms with E-state index in [2.05, 4.69) is 33.8 Å². The molecule has 0 amide bonds. The van der Waals surface area contributed by atoms with Crippen molar-refractivity contribution in [3.63, 3.8) is 0 Å². The minimum atomic E-state index is -0.247. The van der Waals surface area contributed by atoms with E-state index in [9.17, 15) is 4.79 Å². The average Bonchev–Trinajstić information content (AvgIpc) is 2.92. The molecule has 4 aliphatic rings. The van der Waals surface area contributed by atoms with Crippen LogP contribution in [0.5, 0.6) is 0 Å². The molecule has 1 saturated carbocycles. The van der Waals surface area contributed by atoms with Gasteiger partial charge in [-0.15, -0.1) is 0 Å². The lowest BCUT2D eigenvalue weighted by Gasteiger charge is -2.46. The van der Waals surface area contributed by atoms with E-state index in [1.165, 1.54) is 5.57 Å². The molecule has 0 unspecified atom stereocenters. The maximum Gasteiger partial charge on any atom is 0.302 e. The van der Waals surface area contributed by atoms with Crippen LogP contribution in [-0.2, 0) is 19.0 Å². The normalized spacial score (nSPS) is 52.7. The molecule has 4 heteroatoms. The van der Waals surface area contributed by atoms with Crippen molar-refractivity contribution in [3.05, 3.63) is 11.6 Å². The van der Waals surface area contributed by atoms with E-state index in [-0.39, 0.29) is 35.8 Å². The molecule has 0 N–H and O–H groups in total. The van der Waals surface area contributed by atoms with Gasteiger partial charge in [0.05, 0.1) is 24.4 Å². The molecule has 0 aromatic heterocycles. The summed E-state index contributed by atoms with van der Waals surface area (Å²) in [6.45, 7) is 11.4. The van der Waals surface area contributed by atoms with Crippen molar-refractivity contribution >= 4 is 5.97 Å². The average molecular weight is 363 g/mol. The van der Waals surface area contributed by atoms with Crippen LogP contribution in [-0.4, -0.2) is 36.5 Å². The van der Waals surface area contributed by atoms with Crippen LogP contribution in [0.1, 0.15) is 60.3 Å². The summed E-state index contributed by atoms with van der Waals surface area (Å²) in [5.74, 6) is 2.01.